The number of hydrogen-bond donors (Lipinski definition) is 2. The lowest BCUT2D eigenvalue weighted by Gasteiger charge is -2.24. The Morgan fingerprint density at radius 2 is 1.81 bits per heavy atom. The maximum atomic E-state index is 13.0. The van der Waals surface area contributed by atoms with E-state index in [-0.39, 0.29) is 17.8 Å². The van der Waals surface area contributed by atoms with Gasteiger partial charge in [-0.25, -0.2) is 9.18 Å². The topological polar surface area (TPSA) is 61.4 Å². The minimum absolute atomic E-state index is 0.155. The van der Waals surface area contributed by atoms with Gasteiger partial charge in [0.15, 0.2) is 0 Å². The van der Waals surface area contributed by atoms with Crippen molar-refractivity contribution in [2.45, 2.75) is 32.4 Å². The fourth-order valence-corrected chi connectivity index (χ4v) is 3.02. The molecule has 2 aromatic carbocycles. The van der Waals surface area contributed by atoms with E-state index in [1.165, 1.54) is 34.7 Å². The summed E-state index contributed by atoms with van der Waals surface area (Å²) in [5.41, 5.74) is 2.69. The van der Waals surface area contributed by atoms with E-state index >= 15 is 0 Å². The number of amides is 3. The number of carbonyl (C=O) groups is 2. The number of anilines is 1. The highest BCUT2D eigenvalue weighted by Gasteiger charge is 2.34. The summed E-state index contributed by atoms with van der Waals surface area (Å²) >= 11 is 0. The predicted octanol–water partition coefficient (Wildman–Crippen LogP) is 3.45. The molecule has 0 spiro atoms. The highest BCUT2D eigenvalue weighted by atomic mass is 19.1. The Morgan fingerprint density at radius 3 is 2.50 bits per heavy atom. The maximum absolute atomic E-state index is 13.0. The van der Waals surface area contributed by atoms with E-state index in [9.17, 15) is 14.0 Å². The molecule has 1 saturated heterocycles. The summed E-state index contributed by atoms with van der Waals surface area (Å²) in [6, 6.07) is 12.7. The normalized spacial score (nSPS) is 16.4. The third-order valence-electron chi connectivity index (χ3n) is 4.50. The molecule has 0 aliphatic carbocycles. The maximum Gasteiger partial charge on any atom is 0.322 e. The van der Waals surface area contributed by atoms with Crippen LogP contribution in [0.1, 0.15) is 24.0 Å². The first-order valence-corrected chi connectivity index (χ1v) is 8.69. The standard InChI is InChI=1S/C20H22FN3O2/c1-14-4-6-15(7-5-14)13-22-19(25)18-3-2-12-24(18)20(26)23-17-10-8-16(21)9-11-17/h4-11,18H,2-3,12-13H2,1H3,(H,22,25)(H,23,26)/t18-/m0/s1. The molecule has 1 heterocycles. The van der Waals surface area contributed by atoms with Gasteiger partial charge in [0.1, 0.15) is 11.9 Å². The quantitative estimate of drug-likeness (QED) is 0.882. The van der Waals surface area contributed by atoms with Crippen LogP contribution < -0.4 is 10.6 Å². The molecular weight excluding hydrogens is 333 g/mol. The number of aryl methyl sites for hydroxylation is 1. The Balaban J connectivity index is 1.57. The van der Waals surface area contributed by atoms with Crippen LogP contribution in [0.5, 0.6) is 0 Å². The molecule has 0 aromatic heterocycles. The van der Waals surface area contributed by atoms with Crippen LogP contribution >= 0.6 is 0 Å². The first kappa shape index (κ1) is 17.9. The highest BCUT2D eigenvalue weighted by Crippen LogP contribution is 2.19. The lowest BCUT2D eigenvalue weighted by molar-refractivity contribution is -0.124. The molecule has 1 fully saturated rings. The van der Waals surface area contributed by atoms with Gasteiger partial charge in [-0.3, -0.25) is 4.79 Å². The van der Waals surface area contributed by atoms with Gasteiger partial charge in [-0.1, -0.05) is 29.8 Å². The second-order valence-electron chi connectivity index (χ2n) is 6.49. The molecule has 0 radical (unpaired) electrons. The number of halogens is 1. The molecule has 0 saturated carbocycles. The van der Waals surface area contributed by atoms with Gasteiger partial charge < -0.3 is 15.5 Å². The van der Waals surface area contributed by atoms with Crippen molar-refractivity contribution in [1.82, 2.24) is 10.2 Å². The van der Waals surface area contributed by atoms with Gasteiger partial charge >= 0.3 is 6.03 Å². The number of benzene rings is 2. The van der Waals surface area contributed by atoms with Crippen LogP contribution in [0, 0.1) is 12.7 Å². The monoisotopic (exact) mass is 355 g/mol. The molecule has 2 N–H and O–H groups in total. The smallest absolute Gasteiger partial charge is 0.322 e. The van der Waals surface area contributed by atoms with Crippen molar-refractivity contribution in [3.05, 3.63) is 65.5 Å². The third kappa shape index (κ3) is 4.39. The number of hydrogen-bond acceptors (Lipinski definition) is 2. The van der Waals surface area contributed by atoms with Crippen molar-refractivity contribution in [3.63, 3.8) is 0 Å². The van der Waals surface area contributed by atoms with E-state index in [0.29, 0.717) is 25.2 Å². The van der Waals surface area contributed by atoms with Crippen molar-refractivity contribution in [3.8, 4) is 0 Å². The Morgan fingerprint density at radius 1 is 1.12 bits per heavy atom. The summed E-state index contributed by atoms with van der Waals surface area (Å²) in [7, 11) is 0. The van der Waals surface area contributed by atoms with Gasteiger partial charge in [-0.2, -0.15) is 0 Å². The SMILES string of the molecule is Cc1ccc(CNC(=O)[C@@H]2CCCN2C(=O)Nc2ccc(F)cc2)cc1. The van der Waals surface area contributed by atoms with Gasteiger partial charge in [-0.15, -0.1) is 0 Å². The molecule has 26 heavy (non-hydrogen) atoms. The number of likely N-dealkylation sites (tertiary alicyclic amines) is 1. The molecule has 6 heteroatoms. The van der Waals surface area contributed by atoms with Gasteiger partial charge in [0.05, 0.1) is 0 Å². The molecule has 1 atom stereocenters. The van der Waals surface area contributed by atoms with Crippen LogP contribution in [-0.2, 0) is 11.3 Å². The van der Waals surface area contributed by atoms with Crippen molar-refractivity contribution < 1.29 is 14.0 Å². The summed E-state index contributed by atoms with van der Waals surface area (Å²) in [5, 5.41) is 5.62. The summed E-state index contributed by atoms with van der Waals surface area (Å²) in [5.74, 6) is -0.519. The molecule has 136 valence electrons. The van der Waals surface area contributed by atoms with E-state index in [1.54, 1.807) is 0 Å². The van der Waals surface area contributed by atoms with E-state index in [4.69, 9.17) is 0 Å². The zero-order chi connectivity index (χ0) is 18.5. The van der Waals surface area contributed by atoms with Crippen LogP contribution in [0.2, 0.25) is 0 Å². The number of urea groups is 1. The van der Waals surface area contributed by atoms with Crippen LogP contribution in [0.3, 0.4) is 0 Å². The fourth-order valence-electron chi connectivity index (χ4n) is 3.02. The largest absolute Gasteiger partial charge is 0.350 e. The first-order valence-electron chi connectivity index (χ1n) is 8.69. The van der Waals surface area contributed by atoms with Crippen molar-refractivity contribution in [2.75, 3.05) is 11.9 Å². The van der Waals surface area contributed by atoms with Gasteiger partial charge in [-0.05, 0) is 49.6 Å². The van der Waals surface area contributed by atoms with Gasteiger partial charge in [0.25, 0.3) is 0 Å². The molecule has 0 bridgehead atoms. The lowest BCUT2D eigenvalue weighted by Crippen LogP contribution is -2.47. The van der Waals surface area contributed by atoms with Crippen LogP contribution in [-0.4, -0.2) is 29.4 Å². The minimum Gasteiger partial charge on any atom is -0.350 e. The molecule has 1 aliphatic heterocycles. The van der Waals surface area contributed by atoms with Crippen molar-refractivity contribution in [2.24, 2.45) is 0 Å². The minimum atomic E-state index is -0.485. The number of rotatable bonds is 4. The highest BCUT2D eigenvalue weighted by molar-refractivity contribution is 5.94. The zero-order valence-corrected chi connectivity index (χ0v) is 14.7. The molecule has 3 rings (SSSR count). The molecule has 0 unspecified atom stereocenters. The van der Waals surface area contributed by atoms with Crippen molar-refractivity contribution in [1.29, 1.82) is 0 Å². The second kappa shape index (κ2) is 7.99. The average molecular weight is 355 g/mol. The summed E-state index contributed by atoms with van der Waals surface area (Å²) < 4.78 is 13.0. The Hall–Kier alpha value is -2.89. The average Bonchev–Trinajstić information content (AvgIpc) is 3.13. The molecule has 3 amide bonds. The van der Waals surface area contributed by atoms with Gasteiger partial charge in [0.2, 0.25) is 5.91 Å². The molecule has 5 nitrogen and oxygen atoms in total. The fraction of sp³-hybridized carbons (Fsp3) is 0.300. The van der Waals surface area contributed by atoms with E-state index in [2.05, 4.69) is 10.6 Å². The van der Waals surface area contributed by atoms with E-state index in [1.807, 2.05) is 31.2 Å². The number of carbonyl (C=O) groups excluding carboxylic acids is 2. The first-order chi connectivity index (χ1) is 12.5. The van der Waals surface area contributed by atoms with Gasteiger partial charge in [0, 0.05) is 18.8 Å². The molecular formula is C20H22FN3O2. The zero-order valence-electron chi connectivity index (χ0n) is 14.7. The molecule has 2 aromatic rings. The third-order valence-corrected chi connectivity index (χ3v) is 4.50. The van der Waals surface area contributed by atoms with Crippen LogP contribution in [0.15, 0.2) is 48.5 Å². The Kier molecular flexibility index (Phi) is 5.51. The second-order valence-corrected chi connectivity index (χ2v) is 6.49. The molecule has 1 aliphatic rings. The van der Waals surface area contributed by atoms with Crippen LogP contribution in [0.4, 0.5) is 14.9 Å². The summed E-state index contributed by atoms with van der Waals surface area (Å²) in [6.07, 6.45) is 1.41. The summed E-state index contributed by atoms with van der Waals surface area (Å²) in [6.45, 7) is 2.97. The van der Waals surface area contributed by atoms with E-state index < -0.39 is 6.04 Å². The predicted molar refractivity (Wildman–Crippen MR) is 98.2 cm³/mol. The van der Waals surface area contributed by atoms with Crippen molar-refractivity contribution >= 4 is 17.6 Å². The van der Waals surface area contributed by atoms with Crippen LogP contribution in [0.25, 0.3) is 0 Å². The van der Waals surface area contributed by atoms with E-state index in [0.717, 1.165) is 12.0 Å². The number of nitrogens with zero attached hydrogens (tertiary/aromatic N) is 1. The number of nitrogens with one attached hydrogen (secondary N) is 2. The lowest BCUT2D eigenvalue weighted by atomic mass is 10.1. The Bertz CT molecular complexity index is 775. The summed E-state index contributed by atoms with van der Waals surface area (Å²) in [4.78, 5) is 26.5. The Labute approximate surface area is 152 Å².